The first-order chi connectivity index (χ1) is 9.62. The van der Waals surface area contributed by atoms with Gasteiger partial charge in [-0.3, -0.25) is 0 Å². The first-order valence-electron chi connectivity index (χ1n) is 6.04. The molecule has 0 aliphatic heterocycles. The van der Waals surface area contributed by atoms with E-state index in [1.165, 1.54) is 14.2 Å². The van der Waals surface area contributed by atoms with E-state index in [1.54, 1.807) is 0 Å². The summed E-state index contributed by atoms with van der Waals surface area (Å²) in [6, 6.07) is 0. The van der Waals surface area contributed by atoms with Crippen LogP contribution in [-0.4, -0.2) is 37.0 Å². The number of carbonyl (C=O) groups is 2. The molecule has 2 N–H and O–H groups in total. The highest BCUT2D eigenvalue weighted by atomic mass is 16.5. The number of aldehydes is 2. The molecule has 1 aromatic rings. The number of phenols is 2. The number of rotatable bonds is 8. The van der Waals surface area contributed by atoms with Crippen LogP contribution in [0.2, 0.25) is 0 Å². The van der Waals surface area contributed by atoms with Crippen LogP contribution in [0.4, 0.5) is 0 Å². The highest BCUT2D eigenvalue weighted by Crippen LogP contribution is 2.38. The van der Waals surface area contributed by atoms with Crippen molar-refractivity contribution in [2.45, 2.75) is 26.1 Å². The Morgan fingerprint density at radius 1 is 0.800 bits per heavy atom. The van der Waals surface area contributed by atoms with Gasteiger partial charge in [0.25, 0.3) is 0 Å². The molecular weight excluding hydrogens is 264 g/mol. The lowest BCUT2D eigenvalue weighted by atomic mass is 9.92. The molecule has 0 unspecified atom stereocenters. The van der Waals surface area contributed by atoms with Gasteiger partial charge in [0, 0.05) is 49.3 Å². The minimum Gasteiger partial charge on any atom is -0.507 e. The van der Waals surface area contributed by atoms with Crippen molar-refractivity contribution in [1.82, 2.24) is 0 Å². The molecular formula is C14H18O6. The lowest BCUT2D eigenvalue weighted by molar-refractivity contribution is -0.108. The van der Waals surface area contributed by atoms with Gasteiger partial charge in [-0.1, -0.05) is 0 Å². The summed E-state index contributed by atoms with van der Waals surface area (Å²) in [5.74, 6) is -0.277. The number of hydrogen-bond acceptors (Lipinski definition) is 6. The van der Waals surface area contributed by atoms with E-state index in [2.05, 4.69) is 0 Å². The normalized spacial score (nSPS) is 10.5. The Labute approximate surface area is 116 Å². The molecule has 0 amide bonds. The summed E-state index contributed by atoms with van der Waals surface area (Å²) < 4.78 is 10.00. The first-order valence-corrected chi connectivity index (χ1v) is 6.04. The highest BCUT2D eigenvalue weighted by molar-refractivity contribution is 5.69. The van der Waals surface area contributed by atoms with E-state index in [4.69, 9.17) is 9.47 Å². The van der Waals surface area contributed by atoms with Gasteiger partial charge in [0.05, 0.1) is 13.2 Å². The molecule has 1 aromatic carbocycles. The van der Waals surface area contributed by atoms with Gasteiger partial charge in [0.15, 0.2) is 0 Å². The van der Waals surface area contributed by atoms with Crippen molar-refractivity contribution in [3.8, 4) is 11.5 Å². The minimum absolute atomic E-state index is 0.0608. The summed E-state index contributed by atoms with van der Waals surface area (Å²) in [7, 11) is 2.90. The van der Waals surface area contributed by atoms with E-state index in [0.717, 1.165) is 0 Å². The van der Waals surface area contributed by atoms with Gasteiger partial charge in [-0.25, -0.2) is 0 Å². The van der Waals surface area contributed by atoms with Crippen molar-refractivity contribution in [2.24, 2.45) is 0 Å². The van der Waals surface area contributed by atoms with Crippen molar-refractivity contribution in [2.75, 3.05) is 14.2 Å². The number of benzene rings is 1. The van der Waals surface area contributed by atoms with Crippen LogP contribution >= 0.6 is 0 Å². The van der Waals surface area contributed by atoms with E-state index < -0.39 is 0 Å². The van der Waals surface area contributed by atoms with Gasteiger partial charge >= 0.3 is 0 Å². The van der Waals surface area contributed by atoms with Crippen LogP contribution in [0.25, 0.3) is 0 Å². The molecule has 0 spiro atoms. The maximum atomic E-state index is 10.7. The Hall–Kier alpha value is -1.92. The Morgan fingerprint density at radius 2 is 1.15 bits per heavy atom. The van der Waals surface area contributed by atoms with Crippen LogP contribution < -0.4 is 0 Å². The molecule has 0 saturated heterocycles. The zero-order chi connectivity index (χ0) is 15.1. The predicted octanol–water partition coefficient (Wildman–Crippen LogP) is 0.873. The summed E-state index contributed by atoms with van der Waals surface area (Å²) >= 11 is 0. The van der Waals surface area contributed by atoms with Crippen LogP contribution in [0.3, 0.4) is 0 Å². The monoisotopic (exact) mass is 282 g/mol. The van der Waals surface area contributed by atoms with Crippen molar-refractivity contribution in [1.29, 1.82) is 0 Å². The average Bonchev–Trinajstić information content (AvgIpc) is 2.44. The zero-order valence-electron chi connectivity index (χ0n) is 11.5. The summed E-state index contributed by atoms with van der Waals surface area (Å²) in [6.07, 6.45) is 1.03. The van der Waals surface area contributed by atoms with Crippen LogP contribution in [0, 0.1) is 0 Å². The third-order valence-corrected chi connectivity index (χ3v) is 3.02. The second kappa shape index (κ2) is 7.62. The SMILES string of the molecule is COCc1c(O)c(CC=O)c(CC=O)c(O)c1COC. The van der Waals surface area contributed by atoms with Crippen molar-refractivity contribution in [3.05, 3.63) is 22.3 Å². The molecule has 0 aliphatic carbocycles. The van der Waals surface area contributed by atoms with Crippen molar-refractivity contribution < 1.29 is 29.3 Å². The molecule has 0 atom stereocenters. The van der Waals surface area contributed by atoms with Crippen LogP contribution in [0.5, 0.6) is 11.5 Å². The van der Waals surface area contributed by atoms with Gasteiger partial charge in [-0.05, 0) is 0 Å². The highest BCUT2D eigenvalue weighted by Gasteiger charge is 2.22. The molecule has 0 aromatic heterocycles. The second-order valence-electron chi connectivity index (χ2n) is 4.22. The van der Waals surface area contributed by atoms with E-state index in [-0.39, 0.29) is 48.7 Å². The van der Waals surface area contributed by atoms with Gasteiger partial charge in [-0.2, -0.15) is 0 Å². The average molecular weight is 282 g/mol. The molecule has 0 radical (unpaired) electrons. The molecule has 0 heterocycles. The molecule has 6 heteroatoms. The number of aromatic hydroxyl groups is 2. The summed E-state index contributed by atoms with van der Waals surface area (Å²) in [5.41, 5.74) is 1.21. The molecule has 0 aliphatic rings. The number of methoxy groups -OCH3 is 2. The topological polar surface area (TPSA) is 93.1 Å². The predicted molar refractivity (Wildman–Crippen MR) is 70.7 cm³/mol. The smallest absolute Gasteiger partial charge is 0.125 e. The van der Waals surface area contributed by atoms with E-state index in [1.807, 2.05) is 0 Å². The molecule has 1 rings (SSSR count). The minimum atomic E-state index is -0.138. The number of phenolic OH excluding ortho intramolecular Hbond substituents is 2. The Bertz CT molecular complexity index is 450. The molecule has 0 saturated carbocycles. The quantitative estimate of drug-likeness (QED) is 0.543. The lowest BCUT2D eigenvalue weighted by Gasteiger charge is -2.19. The van der Waals surface area contributed by atoms with Crippen molar-refractivity contribution >= 4 is 12.6 Å². The van der Waals surface area contributed by atoms with Crippen molar-refractivity contribution in [3.63, 3.8) is 0 Å². The van der Waals surface area contributed by atoms with Gasteiger partial charge in [0.1, 0.15) is 24.1 Å². The summed E-state index contributed by atoms with van der Waals surface area (Å²) in [6.45, 7) is 0.122. The lowest BCUT2D eigenvalue weighted by Crippen LogP contribution is -2.07. The second-order valence-corrected chi connectivity index (χ2v) is 4.22. The van der Waals surface area contributed by atoms with Crippen LogP contribution in [0.15, 0.2) is 0 Å². The van der Waals surface area contributed by atoms with Crippen LogP contribution in [-0.2, 0) is 45.1 Å². The number of hydrogen-bond donors (Lipinski definition) is 2. The molecule has 0 fully saturated rings. The van der Waals surface area contributed by atoms with E-state index in [9.17, 15) is 19.8 Å². The van der Waals surface area contributed by atoms with Gasteiger partial charge in [0.2, 0.25) is 0 Å². The maximum Gasteiger partial charge on any atom is 0.125 e. The fourth-order valence-corrected chi connectivity index (χ4v) is 2.14. The zero-order valence-corrected chi connectivity index (χ0v) is 11.5. The molecule has 20 heavy (non-hydrogen) atoms. The van der Waals surface area contributed by atoms with Gasteiger partial charge < -0.3 is 29.3 Å². The fourth-order valence-electron chi connectivity index (χ4n) is 2.14. The largest absolute Gasteiger partial charge is 0.507 e. The fraction of sp³-hybridized carbons (Fsp3) is 0.429. The molecule has 110 valence electrons. The standard InChI is InChI=1S/C14H18O6/c1-19-7-11-12(8-20-2)14(18)10(4-6-16)9(3-5-15)13(11)17/h5-6,17-18H,3-4,7-8H2,1-2H3. The Kier molecular flexibility index (Phi) is 6.14. The third kappa shape index (κ3) is 3.15. The van der Waals surface area contributed by atoms with E-state index in [0.29, 0.717) is 23.7 Å². The van der Waals surface area contributed by atoms with E-state index >= 15 is 0 Å². The van der Waals surface area contributed by atoms with Crippen LogP contribution in [0.1, 0.15) is 22.3 Å². The molecule has 0 bridgehead atoms. The van der Waals surface area contributed by atoms with Gasteiger partial charge in [-0.15, -0.1) is 0 Å². The maximum absolute atomic E-state index is 10.7. The Morgan fingerprint density at radius 3 is 1.40 bits per heavy atom. The third-order valence-electron chi connectivity index (χ3n) is 3.02. The Balaban J connectivity index is 3.58. The number of ether oxygens (including phenoxy) is 2. The first kappa shape index (κ1) is 16.1. The molecule has 6 nitrogen and oxygen atoms in total. The number of carbonyl (C=O) groups excluding carboxylic acids is 2. The summed E-state index contributed by atoms with van der Waals surface area (Å²) in [4.78, 5) is 21.5. The summed E-state index contributed by atoms with van der Waals surface area (Å²) in [5, 5.41) is 20.5.